The molecular weight excluding hydrogens is 985 g/mol. The van der Waals surface area contributed by atoms with Crippen LogP contribution in [-0.4, -0.2) is 97.9 Å². The number of carbonyl (C=O) groups excluding carboxylic acids is 2. The average Bonchev–Trinajstić information content (AvgIpc) is 4.04. The van der Waals surface area contributed by atoms with Crippen molar-refractivity contribution in [3.8, 4) is 0 Å². The van der Waals surface area contributed by atoms with Crippen molar-refractivity contribution in [2.45, 2.75) is 185 Å². The topological polar surface area (TPSA) is 278 Å². The summed E-state index contributed by atoms with van der Waals surface area (Å²) in [6, 6.07) is 1.24. The summed E-state index contributed by atoms with van der Waals surface area (Å²) in [5.41, 5.74) is 4.58. The van der Waals surface area contributed by atoms with Crippen molar-refractivity contribution in [1.29, 1.82) is 0 Å². The van der Waals surface area contributed by atoms with Crippen molar-refractivity contribution in [3.63, 3.8) is 0 Å². The van der Waals surface area contributed by atoms with Crippen LogP contribution in [0.15, 0.2) is 102 Å². The number of hydrogen-bond acceptors (Lipinski definition) is 16. The summed E-state index contributed by atoms with van der Waals surface area (Å²) in [4.78, 5) is 62.0. The van der Waals surface area contributed by atoms with Gasteiger partial charge >= 0.3 is 33.3 Å². The van der Waals surface area contributed by atoms with E-state index in [9.17, 15) is 43.5 Å². The Balaban J connectivity index is 1.42. The third-order valence-electron chi connectivity index (χ3n) is 11.4. The van der Waals surface area contributed by atoms with Crippen LogP contribution in [0, 0.1) is 0 Å². The quantitative estimate of drug-likeness (QED) is 0.0134. The summed E-state index contributed by atoms with van der Waals surface area (Å²) in [5.74, 6) is -1.43. The van der Waals surface area contributed by atoms with Crippen LogP contribution in [0.3, 0.4) is 0 Å². The number of phosphoric ester groups is 2. The molecule has 6 N–H and O–H groups in total. The largest absolute Gasteiger partial charge is 0.481 e. The Morgan fingerprint density at radius 1 is 0.699 bits per heavy atom. The van der Waals surface area contributed by atoms with E-state index in [-0.39, 0.29) is 18.7 Å². The number of ether oxygens (including phenoxy) is 4. The second kappa shape index (κ2) is 36.8. The van der Waals surface area contributed by atoms with Crippen LogP contribution in [0.4, 0.5) is 5.82 Å². The van der Waals surface area contributed by atoms with E-state index in [1.165, 1.54) is 25.3 Å². The summed E-state index contributed by atoms with van der Waals surface area (Å²) in [6.07, 6.45) is 39.8. The lowest BCUT2D eigenvalue weighted by molar-refractivity contribution is -0.161. The molecule has 2 fully saturated rings. The van der Waals surface area contributed by atoms with Crippen LogP contribution in [0.5, 0.6) is 0 Å². The summed E-state index contributed by atoms with van der Waals surface area (Å²) >= 11 is 0. The van der Waals surface area contributed by atoms with Gasteiger partial charge in [-0.25, -0.2) is 13.9 Å². The Morgan fingerprint density at radius 2 is 1.30 bits per heavy atom. The Kier molecular flexibility index (Phi) is 31.8. The van der Waals surface area contributed by atoms with Crippen LogP contribution in [0.2, 0.25) is 0 Å². The SMILES string of the molecule is CC/C=C\C/C=C\C/C=C\C/C=C\C/C=C\C/C=C\CCC(=O)OC[C@H](COP(=O)(O)OP(=O)(O)OC[C@H]1O[C@@H](n2ccc(N)nc2=O)[C@H](O)[C@@H]1O)OC(=O)CCCCCCCC1OC1C/C=C\CCCCC. The van der Waals surface area contributed by atoms with Gasteiger partial charge in [0.2, 0.25) is 0 Å². The van der Waals surface area contributed by atoms with Crippen LogP contribution in [0.25, 0.3) is 0 Å². The number of anilines is 1. The van der Waals surface area contributed by atoms with Crippen LogP contribution in [0.1, 0.15) is 148 Å². The van der Waals surface area contributed by atoms with E-state index in [0.717, 1.165) is 87.8 Å². The van der Waals surface area contributed by atoms with E-state index in [1.807, 2.05) is 18.2 Å². The predicted octanol–water partition coefficient (Wildman–Crippen LogP) is 9.65. The molecule has 410 valence electrons. The third kappa shape index (κ3) is 29.0. The lowest BCUT2D eigenvalue weighted by atomic mass is 10.1. The number of carbonyl (C=O) groups is 2. The molecule has 0 amide bonds. The molecule has 2 saturated heterocycles. The number of nitrogen functional groups attached to an aromatic ring is 1. The molecule has 0 saturated carbocycles. The molecule has 19 nitrogen and oxygen atoms in total. The molecule has 0 spiro atoms. The third-order valence-corrected chi connectivity index (χ3v) is 14.0. The lowest BCUT2D eigenvalue weighted by Crippen LogP contribution is -2.36. The van der Waals surface area contributed by atoms with Crippen molar-refractivity contribution in [2.24, 2.45) is 0 Å². The highest BCUT2D eigenvalue weighted by molar-refractivity contribution is 7.61. The predicted molar refractivity (Wildman–Crippen MR) is 279 cm³/mol. The minimum absolute atomic E-state index is 0.00657. The first-order valence-corrected chi connectivity index (χ1v) is 28.7. The van der Waals surface area contributed by atoms with Crippen molar-refractivity contribution in [2.75, 3.05) is 25.6 Å². The second-order valence-electron chi connectivity index (χ2n) is 17.7. The molecule has 9 atom stereocenters. The number of nitrogens with two attached hydrogens (primary N) is 1. The Morgan fingerprint density at radius 3 is 1.95 bits per heavy atom. The molecular formula is C52H81N3O16P2. The number of rotatable bonds is 40. The maximum atomic E-state index is 12.9. The van der Waals surface area contributed by atoms with Gasteiger partial charge in [-0.3, -0.25) is 23.2 Å². The number of aliphatic hydroxyl groups is 2. The van der Waals surface area contributed by atoms with Gasteiger partial charge in [0.1, 0.15) is 30.7 Å². The highest BCUT2D eigenvalue weighted by atomic mass is 31.3. The van der Waals surface area contributed by atoms with E-state index in [1.54, 1.807) is 0 Å². The maximum absolute atomic E-state index is 12.9. The smallest absolute Gasteiger partial charge is 0.462 e. The van der Waals surface area contributed by atoms with Crippen molar-refractivity contribution < 1.29 is 71.0 Å². The monoisotopic (exact) mass is 1070 g/mol. The van der Waals surface area contributed by atoms with Crippen molar-refractivity contribution >= 4 is 33.4 Å². The molecule has 73 heavy (non-hydrogen) atoms. The molecule has 0 radical (unpaired) electrons. The van der Waals surface area contributed by atoms with Crippen molar-refractivity contribution in [3.05, 3.63) is 108 Å². The Labute approximate surface area is 431 Å². The van der Waals surface area contributed by atoms with Crippen LogP contribution < -0.4 is 11.4 Å². The van der Waals surface area contributed by atoms with E-state index < -0.39 is 83.7 Å². The van der Waals surface area contributed by atoms with Gasteiger partial charge in [-0.15, -0.1) is 0 Å². The fourth-order valence-corrected chi connectivity index (χ4v) is 9.45. The lowest BCUT2D eigenvalue weighted by Gasteiger charge is -2.21. The summed E-state index contributed by atoms with van der Waals surface area (Å²) < 4.78 is 62.5. The highest BCUT2D eigenvalue weighted by Crippen LogP contribution is 2.60. The minimum Gasteiger partial charge on any atom is -0.462 e. The molecule has 0 aromatic carbocycles. The number of nitrogens with zero attached hydrogens (tertiary/aromatic N) is 2. The molecule has 1 aromatic heterocycles. The van der Waals surface area contributed by atoms with Crippen LogP contribution >= 0.6 is 15.6 Å². The Hall–Kier alpha value is -4.10. The average molecular weight is 1070 g/mol. The van der Waals surface area contributed by atoms with Gasteiger partial charge in [-0.2, -0.15) is 9.29 Å². The Bertz CT molecular complexity index is 2120. The first kappa shape index (κ1) is 63.2. The normalized spacial score (nSPS) is 22.4. The zero-order valence-corrected chi connectivity index (χ0v) is 44.4. The molecule has 0 aliphatic carbocycles. The molecule has 2 aliphatic rings. The van der Waals surface area contributed by atoms with Gasteiger partial charge < -0.3 is 44.7 Å². The van der Waals surface area contributed by atoms with E-state index in [4.69, 9.17) is 33.7 Å². The standard InChI is InChI=1S/C52H81N3O16P2/c1-3-5-7-9-11-12-13-14-15-16-17-18-19-20-21-22-23-27-31-35-47(56)65-39-42(68-48(57)36-32-28-24-26-30-34-44-43(69-44)33-29-25-10-8-6-4-2)40-66-72(61,62)71-73(63,64)67-41-45-49(58)50(59)51(70-45)55-38-37-46(53)54-52(55)60/h5,7,11-12,14-15,17-18,20-21,23,25,27,29,37-38,42-45,49-51,58-59H,3-4,6,8-10,13,16,19,22,24,26,28,30-36,39-41H2,1-2H3,(H,61,62)(H,63,64)(H2,53,54,60)/b7-5-,12-11-,15-14-,18-17-,21-20-,27-23-,29-25-/t42-,43?,44?,45-,49-,50-,51-/m1/s1. The molecule has 0 bridgehead atoms. The van der Waals surface area contributed by atoms with E-state index >= 15 is 0 Å². The maximum Gasteiger partial charge on any atom is 0.481 e. The zero-order valence-electron chi connectivity index (χ0n) is 42.6. The number of phosphoric acid groups is 2. The minimum atomic E-state index is -5.45. The fourth-order valence-electron chi connectivity index (χ4n) is 7.34. The number of allylic oxidation sites excluding steroid dienone is 13. The number of epoxide rings is 1. The number of esters is 2. The molecule has 21 heteroatoms. The number of aliphatic hydroxyl groups excluding tert-OH is 2. The zero-order chi connectivity index (χ0) is 53.2. The molecule has 2 aliphatic heterocycles. The summed E-state index contributed by atoms with van der Waals surface area (Å²) in [6.45, 7) is 1.91. The highest BCUT2D eigenvalue weighted by Gasteiger charge is 2.46. The van der Waals surface area contributed by atoms with Crippen molar-refractivity contribution in [1.82, 2.24) is 9.55 Å². The van der Waals surface area contributed by atoms with Gasteiger partial charge in [0.05, 0.1) is 25.4 Å². The van der Waals surface area contributed by atoms with E-state index in [0.29, 0.717) is 31.5 Å². The molecule has 3 heterocycles. The summed E-state index contributed by atoms with van der Waals surface area (Å²) in [5, 5.41) is 20.9. The molecule has 3 rings (SSSR count). The van der Waals surface area contributed by atoms with E-state index in [2.05, 4.69) is 90.0 Å². The fraction of sp³-hybridized carbons (Fsp3) is 0.615. The van der Waals surface area contributed by atoms with Crippen LogP contribution in [-0.2, 0) is 51.0 Å². The summed E-state index contributed by atoms with van der Waals surface area (Å²) in [7, 11) is -10.9. The first-order valence-electron chi connectivity index (χ1n) is 25.7. The molecule has 4 unspecified atom stereocenters. The number of unbranched alkanes of at least 4 members (excludes halogenated alkanes) is 7. The van der Waals surface area contributed by atoms with Gasteiger partial charge in [0.15, 0.2) is 12.3 Å². The first-order chi connectivity index (χ1) is 35.1. The number of hydrogen-bond donors (Lipinski definition) is 5. The number of aromatic nitrogens is 2. The second-order valence-corrected chi connectivity index (χ2v) is 20.7. The van der Waals surface area contributed by atoms with Gasteiger partial charge in [0, 0.05) is 19.0 Å². The van der Waals surface area contributed by atoms with Gasteiger partial charge in [-0.1, -0.05) is 137 Å². The molecule has 1 aromatic rings. The van der Waals surface area contributed by atoms with Gasteiger partial charge in [0.25, 0.3) is 0 Å². The van der Waals surface area contributed by atoms with Gasteiger partial charge in [-0.05, 0) is 83.1 Å².